The molecule has 0 unspecified atom stereocenters. The van der Waals surface area contributed by atoms with Crippen LogP contribution in [0.1, 0.15) is 44.9 Å². The van der Waals surface area contributed by atoms with Crippen LogP contribution in [0.3, 0.4) is 0 Å². The molecule has 5 fully saturated rings. The Balaban J connectivity index is 1.36. The van der Waals surface area contributed by atoms with Gasteiger partial charge >= 0.3 is 0 Å². The summed E-state index contributed by atoms with van der Waals surface area (Å²) < 4.78 is 0.943. The van der Waals surface area contributed by atoms with Crippen LogP contribution in [0.2, 0.25) is 0 Å². The molecule has 1 aromatic carbocycles. The van der Waals surface area contributed by atoms with E-state index in [4.69, 9.17) is 0 Å². The topological polar surface area (TPSA) is 49.4 Å². The highest BCUT2D eigenvalue weighted by Gasteiger charge is 2.53. The van der Waals surface area contributed by atoms with E-state index in [2.05, 4.69) is 21.2 Å². The van der Waals surface area contributed by atoms with Gasteiger partial charge in [-0.25, -0.2) is 4.90 Å². The number of nitrogens with zero attached hydrogens (tertiary/aromatic N) is 1. The van der Waals surface area contributed by atoms with Crippen LogP contribution < -0.4 is 10.2 Å². The number of carbonyl (C=O) groups is 2. The van der Waals surface area contributed by atoms with Gasteiger partial charge in [-0.05, 0) is 80.5 Å². The highest BCUT2D eigenvalue weighted by molar-refractivity contribution is 9.10. The quantitative estimate of drug-likeness (QED) is 0.785. The van der Waals surface area contributed by atoms with E-state index in [1.165, 1.54) is 43.4 Å². The minimum atomic E-state index is -0.354. The molecule has 0 aromatic heterocycles. The smallest absolute Gasteiger partial charge is 0.251 e. The molecule has 4 bridgehead atoms. The molecule has 5 heteroatoms. The molecule has 4 aliphatic carbocycles. The Labute approximate surface area is 156 Å². The van der Waals surface area contributed by atoms with E-state index in [0.717, 1.165) is 22.2 Å². The largest absolute Gasteiger partial charge is 0.300 e. The number of imide groups is 1. The van der Waals surface area contributed by atoms with E-state index in [0.29, 0.717) is 5.69 Å². The molecule has 5 aliphatic rings. The van der Waals surface area contributed by atoms with Crippen molar-refractivity contribution in [1.82, 2.24) is 5.32 Å². The normalized spacial score (nSPS) is 39.5. The lowest BCUT2D eigenvalue weighted by atomic mass is 9.53. The first-order valence-corrected chi connectivity index (χ1v) is 10.2. The van der Waals surface area contributed by atoms with E-state index in [9.17, 15) is 9.59 Å². The van der Waals surface area contributed by atoms with Gasteiger partial charge in [-0.2, -0.15) is 0 Å². The molecule has 2 amide bonds. The van der Waals surface area contributed by atoms with Crippen LogP contribution in [0.4, 0.5) is 5.69 Å². The Morgan fingerprint density at radius 3 is 2.08 bits per heavy atom. The summed E-state index contributed by atoms with van der Waals surface area (Å²) in [5.41, 5.74) is 0.776. The van der Waals surface area contributed by atoms with E-state index in [-0.39, 0.29) is 29.8 Å². The van der Waals surface area contributed by atoms with Gasteiger partial charge < -0.3 is 0 Å². The van der Waals surface area contributed by atoms with Crippen LogP contribution in [0.25, 0.3) is 0 Å². The predicted molar refractivity (Wildman–Crippen MR) is 99.1 cm³/mol. The number of benzene rings is 1. The van der Waals surface area contributed by atoms with Crippen molar-refractivity contribution in [2.45, 2.75) is 56.5 Å². The van der Waals surface area contributed by atoms with Gasteiger partial charge in [0.15, 0.2) is 0 Å². The number of carbonyl (C=O) groups excluding carboxylic acids is 2. The van der Waals surface area contributed by atoms with Crippen LogP contribution in [-0.2, 0) is 9.59 Å². The fourth-order valence-corrected chi connectivity index (χ4v) is 6.53. The van der Waals surface area contributed by atoms with E-state index in [1.807, 2.05) is 24.3 Å². The lowest BCUT2D eigenvalue weighted by Gasteiger charge is -2.57. The van der Waals surface area contributed by atoms with Crippen molar-refractivity contribution in [2.24, 2.45) is 17.8 Å². The third kappa shape index (κ3) is 2.67. The number of amides is 2. The summed E-state index contributed by atoms with van der Waals surface area (Å²) in [6.45, 7) is 0. The Hall–Kier alpha value is -1.20. The van der Waals surface area contributed by atoms with E-state index >= 15 is 0 Å². The molecule has 6 rings (SSSR count). The maximum Gasteiger partial charge on any atom is 0.251 e. The molecule has 1 saturated heterocycles. The third-order valence-corrected chi connectivity index (χ3v) is 7.28. The monoisotopic (exact) mass is 402 g/mol. The molecule has 132 valence electrons. The van der Waals surface area contributed by atoms with E-state index < -0.39 is 0 Å². The zero-order valence-electron chi connectivity index (χ0n) is 14.2. The second-order valence-corrected chi connectivity index (χ2v) is 9.56. The van der Waals surface area contributed by atoms with Crippen molar-refractivity contribution < 1.29 is 9.59 Å². The highest BCUT2D eigenvalue weighted by Crippen LogP contribution is 2.55. The third-order valence-electron chi connectivity index (χ3n) is 6.75. The van der Waals surface area contributed by atoms with Gasteiger partial charge in [0.25, 0.3) is 5.91 Å². The molecule has 1 N–H and O–H groups in total. The van der Waals surface area contributed by atoms with Crippen LogP contribution >= 0.6 is 15.9 Å². The lowest BCUT2D eigenvalue weighted by Crippen LogP contribution is -2.61. The van der Waals surface area contributed by atoms with Crippen molar-refractivity contribution in [1.29, 1.82) is 0 Å². The molecule has 25 heavy (non-hydrogen) atoms. The molecule has 0 spiro atoms. The zero-order valence-corrected chi connectivity index (χ0v) is 15.8. The van der Waals surface area contributed by atoms with Gasteiger partial charge in [-0.1, -0.05) is 15.9 Å². The molecule has 4 nitrogen and oxygen atoms in total. The second kappa shape index (κ2) is 5.65. The van der Waals surface area contributed by atoms with Gasteiger partial charge in [-0.3, -0.25) is 14.9 Å². The molecule has 1 aliphatic heterocycles. The molecule has 0 radical (unpaired) electrons. The summed E-state index contributed by atoms with van der Waals surface area (Å²) >= 11 is 3.40. The number of hydrogen-bond donors (Lipinski definition) is 1. The van der Waals surface area contributed by atoms with Crippen molar-refractivity contribution in [3.8, 4) is 0 Å². The zero-order chi connectivity index (χ0) is 17.2. The molecule has 1 aromatic rings. The predicted octanol–water partition coefficient (Wildman–Crippen LogP) is 3.64. The molecule has 4 saturated carbocycles. The Morgan fingerprint density at radius 2 is 1.52 bits per heavy atom. The fourth-order valence-electron chi connectivity index (χ4n) is 6.26. The fraction of sp³-hybridized carbons (Fsp3) is 0.600. The van der Waals surface area contributed by atoms with Crippen molar-refractivity contribution >= 4 is 33.4 Å². The Morgan fingerprint density at radius 1 is 0.960 bits per heavy atom. The number of nitrogens with one attached hydrogen (secondary N) is 1. The standard InChI is InChI=1S/C20H23BrN2O2/c21-15-1-3-16(4-2-15)23-18(24)8-17(19(23)25)22-20-9-12-5-13(10-20)7-14(6-12)11-20/h1-4,12-14,17,22H,5-11H2/t12?,13?,14?,17-,20?/m1/s1. The van der Waals surface area contributed by atoms with Gasteiger partial charge in [-0.15, -0.1) is 0 Å². The first-order chi connectivity index (χ1) is 12.0. The molecular weight excluding hydrogens is 380 g/mol. The van der Waals surface area contributed by atoms with Crippen LogP contribution in [-0.4, -0.2) is 23.4 Å². The maximum atomic E-state index is 13.0. The van der Waals surface area contributed by atoms with Crippen LogP contribution in [0.5, 0.6) is 0 Å². The van der Waals surface area contributed by atoms with E-state index in [1.54, 1.807) is 0 Å². The summed E-state index contributed by atoms with van der Waals surface area (Å²) in [4.78, 5) is 26.8. The van der Waals surface area contributed by atoms with Crippen LogP contribution in [0.15, 0.2) is 28.7 Å². The van der Waals surface area contributed by atoms with Gasteiger partial charge in [0.1, 0.15) is 0 Å². The molecule has 1 heterocycles. The summed E-state index contributed by atoms with van der Waals surface area (Å²) in [5.74, 6) is 2.31. The SMILES string of the molecule is O=C1C[C@@H](NC23CC4CC(CC(C4)C2)C3)C(=O)N1c1ccc(Br)cc1. The van der Waals surface area contributed by atoms with Crippen molar-refractivity contribution in [3.63, 3.8) is 0 Å². The maximum absolute atomic E-state index is 13.0. The average molecular weight is 403 g/mol. The van der Waals surface area contributed by atoms with Crippen molar-refractivity contribution in [2.75, 3.05) is 4.90 Å². The number of rotatable bonds is 3. The molecular formula is C20H23BrN2O2. The van der Waals surface area contributed by atoms with Gasteiger partial charge in [0.05, 0.1) is 18.2 Å². The van der Waals surface area contributed by atoms with Gasteiger partial charge in [0.2, 0.25) is 5.91 Å². The molecule has 1 atom stereocenters. The number of halogens is 1. The number of anilines is 1. The van der Waals surface area contributed by atoms with Crippen LogP contribution in [0, 0.1) is 17.8 Å². The highest BCUT2D eigenvalue weighted by atomic mass is 79.9. The first kappa shape index (κ1) is 16.0. The van der Waals surface area contributed by atoms with Gasteiger partial charge in [0, 0.05) is 10.0 Å². The summed E-state index contributed by atoms with van der Waals surface area (Å²) in [7, 11) is 0. The summed E-state index contributed by atoms with van der Waals surface area (Å²) in [6, 6.07) is 7.04. The summed E-state index contributed by atoms with van der Waals surface area (Å²) in [5, 5.41) is 3.69. The lowest BCUT2D eigenvalue weighted by molar-refractivity contribution is -0.122. The Bertz CT molecular complexity index is 694. The minimum absolute atomic E-state index is 0.0805. The minimum Gasteiger partial charge on any atom is -0.300 e. The Kier molecular flexibility index (Phi) is 3.62. The summed E-state index contributed by atoms with van der Waals surface area (Å²) in [6.07, 6.45) is 7.99. The number of hydrogen-bond acceptors (Lipinski definition) is 3. The second-order valence-electron chi connectivity index (χ2n) is 8.64. The van der Waals surface area contributed by atoms with Crippen molar-refractivity contribution in [3.05, 3.63) is 28.7 Å². The average Bonchev–Trinajstić information content (AvgIpc) is 2.80. The first-order valence-electron chi connectivity index (χ1n) is 9.41.